The molecule has 1 aliphatic rings. The molecular formula is C13H22N4O. The molecule has 0 spiro atoms. The summed E-state index contributed by atoms with van der Waals surface area (Å²) in [5.41, 5.74) is 7.19. The van der Waals surface area contributed by atoms with Crippen molar-refractivity contribution in [2.45, 2.75) is 19.9 Å². The molecule has 1 aromatic heterocycles. The van der Waals surface area contributed by atoms with Gasteiger partial charge in [-0.1, -0.05) is 6.92 Å². The molecule has 0 bridgehead atoms. The van der Waals surface area contributed by atoms with Crippen molar-refractivity contribution >= 4 is 11.6 Å². The minimum Gasteiger partial charge on any atom is -0.397 e. The average molecular weight is 250 g/mol. The number of likely N-dealkylation sites (N-methyl/N-ethyl adjacent to an activating group) is 1. The number of aryl methyl sites for hydroxylation is 1. The number of anilines is 1. The summed E-state index contributed by atoms with van der Waals surface area (Å²) in [5, 5.41) is 0. The number of aromatic nitrogens is 1. The molecule has 18 heavy (non-hydrogen) atoms. The van der Waals surface area contributed by atoms with E-state index in [-0.39, 0.29) is 5.91 Å². The third-order valence-corrected chi connectivity index (χ3v) is 3.39. The van der Waals surface area contributed by atoms with Crippen molar-refractivity contribution in [3.63, 3.8) is 0 Å². The van der Waals surface area contributed by atoms with Crippen molar-refractivity contribution in [2.75, 3.05) is 39.0 Å². The van der Waals surface area contributed by atoms with E-state index in [1.165, 1.54) is 0 Å². The van der Waals surface area contributed by atoms with Crippen molar-refractivity contribution in [3.05, 3.63) is 18.0 Å². The van der Waals surface area contributed by atoms with Gasteiger partial charge in [-0.25, -0.2) is 0 Å². The van der Waals surface area contributed by atoms with Gasteiger partial charge in [-0.3, -0.25) is 4.79 Å². The first-order chi connectivity index (χ1) is 8.61. The largest absolute Gasteiger partial charge is 0.397 e. The Labute approximate surface area is 108 Å². The lowest BCUT2D eigenvalue weighted by Crippen LogP contribution is -2.47. The second kappa shape index (κ2) is 5.44. The molecule has 0 aliphatic carbocycles. The zero-order valence-electron chi connectivity index (χ0n) is 11.2. The molecule has 0 saturated carbocycles. The molecule has 2 N–H and O–H groups in total. The number of nitrogen functional groups attached to an aromatic ring is 1. The van der Waals surface area contributed by atoms with Crippen molar-refractivity contribution < 1.29 is 4.79 Å². The molecule has 1 aliphatic heterocycles. The standard InChI is InChI=1S/C13H22N4O/c1-3-4-17-10-11(14)9-12(17)13(18)16-7-5-15(2)6-8-16/h9-10H,3-8,14H2,1-2H3. The maximum Gasteiger partial charge on any atom is 0.270 e. The Balaban J connectivity index is 2.12. The van der Waals surface area contributed by atoms with Crippen LogP contribution in [0.4, 0.5) is 5.69 Å². The molecule has 1 fully saturated rings. The fourth-order valence-electron chi connectivity index (χ4n) is 2.31. The third kappa shape index (κ3) is 2.67. The van der Waals surface area contributed by atoms with Crippen LogP contribution in [-0.4, -0.2) is 53.5 Å². The van der Waals surface area contributed by atoms with Crippen molar-refractivity contribution in [1.82, 2.24) is 14.4 Å². The number of rotatable bonds is 3. The van der Waals surface area contributed by atoms with Gasteiger partial charge in [0.1, 0.15) is 5.69 Å². The summed E-state index contributed by atoms with van der Waals surface area (Å²) in [6.07, 6.45) is 2.85. The fourth-order valence-corrected chi connectivity index (χ4v) is 2.31. The van der Waals surface area contributed by atoms with Crippen molar-refractivity contribution in [2.24, 2.45) is 0 Å². The molecule has 5 heteroatoms. The number of piperazine rings is 1. The van der Waals surface area contributed by atoms with Crippen LogP contribution in [0.3, 0.4) is 0 Å². The molecule has 100 valence electrons. The van der Waals surface area contributed by atoms with Crippen LogP contribution in [0.5, 0.6) is 0 Å². The van der Waals surface area contributed by atoms with Crippen LogP contribution in [0.15, 0.2) is 12.3 Å². The summed E-state index contributed by atoms with van der Waals surface area (Å²) < 4.78 is 1.97. The summed E-state index contributed by atoms with van der Waals surface area (Å²) in [6.45, 7) is 6.41. The van der Waals surface area contributed by atoms with Gasteiger partial charge in [0, 0.05) is 38.9 Å². The molecule has 2 heterocycles. The lowest BCUT2D eigenvalue weighted by atomic mass is 10.3. The second-order valence-electron chi connectivity index (χ2n) is 4.95. The van der Waals surface area contributed by atoms with Gasteiger partial charge >= 0.3 is 0 Å². The number of nitrogens with two attached hydrogens (primary N) is 1. The minimum atomic E-state index is 0.105. The Morgan fingerprint density at radius 3 is 2.61 bits per heavy atom. The van der Waals surface area contributed by atoms with E-state index in [4.69, 9.17) is 5.73 Å². The summed E-state index contributed by atoms with van der Waals surface area (Å²) in [5.74, 6) is 0.105. The fraction of sp³-hybridized carbons (Fsp3) is 0.615. The summed E-state index contributed by atoms with van der Waals surface area (Å²) in [7, 11) is 2.08. The van der Waals surface area contributed by atoms with E-state index in [0.717, 1.165) is 44.8 Å². The normalized spacial score (nSPS) is 17.1. The molecule has 1 aromatic rings. The molecule has 1 saturated heterocycles. The van der Waals surface area contributed by atoms with Crippen LogP contribution in [-0.2, 0) is 6.54 Å². The lowest BCUT2D eigenvalue weighted by Gasteiger charge is -2.32. The highest BCUT2D eigenvalue weighted by Gasteiger charge is 2.22. The lowest BCUT2D eigenvalue weighted by molar-refractivity contribution is 0.0653. The smallest absolute Gasteiger partial charge is 0.270 e. The van der Waals surface area contributed by atoms with Gasteiger partial charge in [0.2, 0.25) is 0 Å². The highest BCUT2D eigenvalue weighted by atomic mass is 16.2. The predicted molar refractivity (Wildman–Crippen MR) is 72.5 cm³/mol. The molecule has 0 atom stereocenters. The third-order valence-electron chi connectivity index (χ3n) is 3.39. The molecule has 2 rings (SSSR count). The Morgan fingerprint density at radius 2 is 2.00 bits per heavy atom. The first kappa shape index (κ1) is 13.0. The molecule has 0 unspecified atom stereocenters. The summed E-state index contributed by atoms with van der Waals surface area (Å²) in [6, 6.07) is 1.79. The van der Waals surface area contributed by atoms with Crippen LogP contribution < -0.4 is 5.73 Å². The first-order valence-corrected chi connectivity index (χ1v) is 6.55. The van der Waals surface area contributed by atoms with E-state index in [2.05, 4.69) is 18.9 Å². The average Bonchev–Trinajstić information content (AvgIpc) is 2.71. The van der Waals surface area contributed by atoms with E-state index >= 15 is 0 Å². The maximum absolute atomic E-state index is 12.4. The number of amides is 1. The zero-order valence-corrected chi connectivity index (χ0v) is 11.2. The second-order valence-corrected chi connectivity index (χ2v) is 4.95. The van der Waals surface area contributed by atoms with Gasteiger partial charge in [0.05, 0.1) is 5.69 Å². The van der Waals surface area contributed by atoms with E-state index in [1.807, 2.05) is 15.7 Å². The zero-order chi connectivity index (χ0) is 13.1. The molecule has 0 radical (unpaired) electrons. The number of carbonyl (C=O) groups is 1. The van der Waals surface area contributed by atoms with Crippen molar-refractivity contribution in [1.29, 1.82) is 0 Å². The number of nitrogens with zero attached hydrogens (tertiary/aromatic N) is 3. The van der Waals surface area contributed by atoms with Gasteiger partial charge in [0.15, 0.2) is 0 Å². The van der Waals surface area contributed by atoms with Gasteiger partial charge in [-0.2, -0.15) is 0 Å². The monoisotopic (exact) mass is 250 g/mol. The van der Waals surface area contributed by atoms with E-state index in [9.17, 15) is 4.79 Å². The van der Waals surface area contributed by atoms with Gasteiger partial charge in [-0.05, 0) is 19.5 Å². The Kier molecular flexibility index (Phi) is 3.91. The molecule has 1 amide bonds. The van der Waals surface area contributed by atoms with Gasteiger partial charge in [-0.15, -0.1) is 0 Å². The highest BCUT2D eigenvalue weighted by molar-refractivity contribution is 5.94. The van der Waals surface area contributed by atoms with E-state index < -0.39 is 0 Å². The number of hydrogen-bond acceptors (Lipinski definition) is 3. The Bertz CT molecular complexity index is 419. The van der Waals surface area contributed by atoms with Crippen LogP contribution in [0, 0.1) is 0 Å². The van der Waals surface area contributed by atoms with E-state index in [0.29, 0.717) is 5.69 Å². The molecule has 0 aromatic carbocycles. The Hall–Kier alpha value is -1.49. The predicted octanol–water partition coefficient (Wildman–Crippen LogP) is 0.868. The minimum absolute atomic E-state index is 0.105. The number of hydrogen-bond donors (Lipinski definition) is 1. The quantitative estimate of drug-likeness (QED) is 0.866. The number of carbonyl (C=O) groups excluding carboxylic acids is 1. The summed E-state index contributed by atoms with van der Waals surface area (Å²) in [4.78, 5) is 16.6. The van der Waals surface area contributed by atoms with Crippen LogP contribution in [0.2, 0.25) is 0 Å². The van der Waals surface area contributed by atoms with Crippen LogP contribution in [0.25, 0.3) is 0 Å². The SMILES string of the molecule is CCCn1cc(N)cc1C(=O)N1CCN(C)CC1. The van der Waals surface area contributed by atoms with Crippen molar-refractivity contribution in [3.8, 4) is 0 Å². The maximum atomic E-state index is 12.4. The molecule has 5 nitrogen and oxygen atoms in total. The molecular weight excluding hydrogens is 228 g/mol. The highest BCUT2D eigenvalue weighted by Crippen LogP contribution is 2.15. The van der Waals surface area contributed by atoms with Crippen LogP contribution >= 0.6 is 0 Å². The van der Waals surface area contributed by atoms with E-state index in [1.54, 1.807) is 6.07 Å². The summed E-state index contributed by atoms with van der Waals surface area (Å²) >= 11 is 0. The first-order valence-electron chi connectivity index (χ1n) is 6.55. The van der Waals surface area contributed by atoms with Gasteiger partial charge in [0.25, 0.3) is 5.91 Å². The van der Waals surface area contributed by atoms with Gasteiger partial charge < -0.3 is 20.1 Å². The topological polar surface area (TPSA) is 54.5 Å². The Morgan fingerprint density at radius 1 is 1.33 bits per heavy atom. The van der Waals surface area contributed by atoms with Crippen LogP contribution in [0.1, 0.15) is 23.8 Å².